The predicted molar refractivity (Wildman–Crippen MR) is 59.8 cm³/mol. The Morgan fingerprint density at radius 1 is 1.33 bits per heavy atom. The van der Waals surface area contributed by atoms with Gasteiger partial charge in [0.1, 0.15) is 0 Å². The maximum atomic E-state index is 5.69. The summed E-state index contributed by atoms with van der Waals surface area (Å²) in [6.45, 7) is 5.75. The second kappa shape index (κ2) is 5.63. The summed E-state index contributed by atoms with van der Waals surface area (Å²) in [7, 11) is 1.66. The van der Waals surface area contributed by atoms with Crippen LogP contribution in [0.3, 0.4) is 0 Å². The molecule has 0 aliphatic heterocycles. The Morgan fingerprint density at radius 3 is 2.67 bits per heavy atom. The van der Waals surface area contributed by atoms with Crippen molar-refractivity contribution in [2.75, 3.05) is 25.6 Å². The number of methoxy groups -OCH3 is 1. The zero-order chi connectivity index (χ0) is 11.3. The quantitative estimate of drug-likeness (QED) is 0.697. The van der Waals surface area contributed by atoms with E-state index in [-0.39, 0.29) is 0 Å². The number of hydrogen-bond acceptors (Lipinski definition) is 5. The normalized spacial score (nSPS) is 10.4. The van der Waals surface area contributed by atoms with Crippen molar-refractivity contribution in [2.24, 2.45) is 5.73 Å². The highest BCUT2D eigenvalue weighted by Gasteiger charge is 2.08. The minimum atomic E-state index is 0.470. The molecule has 5 nitrogen and oxygen atoms in total. The maximum absolute atomic E-state index is 5.69. The lowest BCUT2D eigenvalue weighted by atomic mass is 10.1. The fourth-order valence-electron chi connectivity index (χ4n) is 1.32. The molecule has 1 heterocycles. The SMILES string of the molecule is COCCNc1nnc(C)c(C)c1CN. The molecule has 3 N–H and O–H groups in total. The molecule has 1 aromatic rings. The first-order valence-corrected chi connectivity index (χ1v) is 4.96. The Morgan fingerprint density at radius 2 is 2.07 bits per heavy atom. The summed E-state index contributed by atoms with van der Waals surface area (Å²) in [6.07, 6.45) is 0. The van der Waals surface area contributed by atoms with Crippen molar-refractivity contribution in [2.45, 2.75) is 20.4 Å². The summed E-state index contributed by atoms with van der Waals surface area (Å²) in [4.78, 5) is 0. The molecule has 0 aliphatic rings. The van der Waals surface area contributed by atoms with Crippen LogP contribution in [-0.4, -0.2) is 30.5 Å². The van der Waals surface area contributed by atoms with Gasteiger partial charge >= 0.3 is 0 Å². The summed E-state index contributed by atoms with van der Waals surface area (Å²) in [5.41, 5.74) is 8.74. The van der Waals surface area contributed by atoms with Crippen molar-refractivity contribution < 1.29 is 4.74 Å². The van der Waals surface area contributed by atoms with Gasteiger partial charge in [-0.25, -0.2) is 0 Å². The molecule has 0 fully saturated rings. The average molecular weight is 210 g/mol. The van der Waals surface area contributed by atoms with Gasteiger partial charge in [0.05, 0.1) is 12.3 Å². The van der Waals surface area contributed by atoms with Crippen LogP contribution in [0.15, 0.2) is 0 Å². The van der Waals surface area contributed by atoms with E-state index in [1.54, 1.807) is 7.11 Å². The molecular formula is C10H18N4O. The molecule has 0 saturated heterocycles. The smallest absolute Gasteiger partial charge is 0.153 e. The van der Waals surface area contributed by atoms with Crippen molar-refractivity contribution >= 4 is 5.82 Å². The van der Waals surface area contributed by atoms with Gasteiger partial charge in [0.2, 0.25) is 0 Å². The molecule has 0 bridgehead atoms. The van der Waals surface area contributed by atoms with Crippen molar-refractivity contribution in [3.63, 3.8) is 0 Å². The summed E-state index contributed by atoms with van der Waals surface area (Å²) < 4.78 is 4.95. The molecule has 0 aliphatic carbocycles. The van der Waals surface area contributed by atoms with Crippen molar-refractivity contribution in [1.82, 2.24) is 10.2 Å². The van der Waals surface area contributed by atoms with Gasteiger partial charge in [-0.2, -0.15) is 5.10 Å². The molecule has 84 valence electrons. The number of aromatic nitrogens is 2. The second-order valence-electron chi connectivity index (χ2n) is 3.36. The van der Waals surface area contributed by atoms with E-state index >= 15 is 0 Å². The Balaban J connectivity index is 2.83. The number of aryl methyl sites for hydroxylation is 1. The van der Waals surface area contributed by atoms with Crippen LogP contribution in [0.2, 0.25) is 0 Å². The number of nitrogens with zero attached hydrogens (tertiary/aromatic N) is 2. The van der Waals surface area contributed by atoms with Crippen molar-refractivity contribution in [1.29, 1.82) is 0 Å². The summed E-state index contributed by atoms with van der Waals surface area (Å²) in [6, 6.07) is 0. The zero-order valence-corrected chi connectivity index (χ0v) is 9.50. The largest absolute Gasteiger partial charge is 0.383 e. The lowest BCUT2D eigenvalue weighted by Crippen LogP contribution is -2.15. The molecule has 0 unspecified atom stereocenters. The van der Waals surface area contributed by atoms with Gasteiger partial charge in [-0.1, -0.05) is 0 Å². The zero-order valence-electron chi connectivity index (χ0n) is 9.50. The lowest BCUT2D eigenvalue weighted by Gasteiger charge is -2.12. The second-order valence-corrected chi connectivity index (χ2v) is 3.36. The molecule has 1 aromatic heterocycles. The average Bonchev–Trinajstić information content (AvgIpc) is 2.24. The first kappa shape index (κ1) is 11.9. The molecular weight excluding hydrogens is 192 g/mol. The lowest BCUT2D eigenvalue weighted by molar-refractivity contribution is 0.210. The molecule has 1 rings (SSSR count). The molecule has 0 atom stereocenters. The third-order valence-electron chi connectivity index (χ3n) is 2.38. The van der Waals surface area contributed by atoms with Gasteiger partial charge in [-0.15, -0.1) is 5.10 Å². The van der Waals surface area contributed by atoms with E-state index in [9.17, 15) is 0 Å². The van der Waals surface area contributed by atoms with Crippen molar-refractivity contribution in [3.05, 3.63) is 16.8 Å². The maximum Gasteiger partial charge on any atom is 0.153 e. The van der Waals surface area contributed by atoms with Crippen LogP contribution in [-0.2, 0) is 11.3 Å². The van der Waals surface area contributed by atoms with E-state index in [2.05, 4.69) is 15.5 Å². The fraction of sp³-hybridized carbons (Fsp3) is 0.600. The van der Waals surface area contributed by atoms with Crippen LogP contribution in [0.1, 0.15) is 16.8 Å². The van der Waals surface area contributed by atoms with E-state index in [0.29, 0.717) is 19.7 Å². The number of anilines is 1. The Hall–Kier alpha value is -1.20. The number of ether oxygens (including phenoxy) is 1. The van der Waals surface area contributed by atoms with E-state index in [1.807, 2.05) is 13.8 Å². The first-order chi connectivity index (χ1) is 7.20. The number of hydrogen-bond donors (Lipinski definition) is 2. The molecule has 0 radical (unpaired) electrons. The summed E-state index contributed by atoms with van der Waals surface area (Å²) >= 11 is 0. The van der Waals surface area contributed by atoms with Crippen LogP contribution in [0.4, 0.5) is 5.82 Å². The Kier molecular flexibility index (Phi) is 4.45. The van der Waals surface area contributed by atoms with Gasteiger partial charge in [0.25, 0.3) is 0 Å². The Labute approximate surface area is 90.0 Å². The highest BCUT2D eigenvalue weighted by molar-refractivity contribution is 5.48. The van der Waals surface area contributed by atoms with Crippen LogP contribution in [0.25, 0.3) is 0 Å². The highest BCUT2D eigenvalue weighted by atomic mass is 16.5. The molecule has 5 heteroatoms. The van der Waals surface area contributed by atoms with Gasteiger partial charge in [-0.05, 0) is 19.4 Å². The van der Waals surface area contributed by atoms with Gasteiger partial charge in [-0.3, -0.25) is 0 Å². The van der Waals surface area contributed by atoms with Crippen LogP contribution in [0.5, 0.6) is 0 Å². The van der Waals surface area contributed by atoms with Gasteiger partial charge in [0.15, 0.2) is 5.82 Å². The number of nitrogens with two attached hydrogens (primary N) is 1. The summed E-state index contributed by atoms with van der Waals surface area (Å²) in [5, 5.41) is 11.3. The molecule has 0 spiro atoms. The number of nitrogens with one attached hydrogen (secondary N) is 1. The van der Waals surface area contributed by atoms with E-state index in [1.165, 1.54) is 0 Å². The summed E-state index contributed by atoms with van der Waals surface area (Å²) in [5.74, 6) is 0.762. The predicted octanol–water partition coefficient (Wildman–Crippen LogP) is 0.610. The molecule has 0 saturated carbocycles. The van der Waals surface area contributed by atoms with Gasteiger partial charge < -0.3 is 15.8 Å². The third kappa shape index (κ3) is 2.87. The standard InChI is InChI=1S/C10H18N4O/c1-7-8(2)13-14-10(9(7)6-11)12-4-5-15-3/h4-6,11H2,1-3H3,(H,12,14). The van der Waals surface area contributed by atoms with Crippen LogP contribution < -0.4 is 11.1 Å². The topological polar surface area (TPSA) is 73.1 Å². The third-order valence-corrected chi connectivity index (χ3v) is 2.38. The fourth-order valence-corrected chi connectivity index (χ4v) is 1.32. The van der Waals surface area contributed by atoms with E-state index < -0.39 is 0 Å². The number of rotatable bonds is 5. The molecule has 0 amide bonds. The minimum absolute atomic E-state index is 0.470. The van der Waals surface area contributed by atoms with Crippen LogP contribution in [0, 0.1) is 13.8 Å². The van der Waals surface area contributed by atoms with Gasteiger partial charge in [0, 0.05) is 25.8 Å². The minimum Gasteiger partial charge on any atom is -0.383 e. The molecule has 15 heavy (non-hydrogen) atoms. The molecule has 0 aromatic carbocycles. The van der Waals surface area contributed by atoms with Crippen LogP contribution >= 0.6 is 0 Å². The van der Waals surface area contributed by atoms with E-state index in [0.717, 1.165) is 22.6 Å². The first-order valence-electron chi connectivity index (χ1n) is 4.96. The monoisotopic (exact) mass is 210 g/mol. The van der Waals surface area contributed by atoms with Crippen molar-refractivity contribution in [3.8, 4) is 0 Å². The van der Waals surface area contributed by atoms with E-state index in [4.69, 9.17) is 10.5 Å². The Bertz CT molecular complexity index is 327. The highest BCUT2D eigenvalue weighted by Crippen LogP contribution is 2.17.